The van der Waals surface area contributed by atoms with Crippen LogP contribution < -0.4 is 0 Å². The van der Waals surface area contributed by atoms with Crippen LogP contribution in [0, 0.1) is 0 Å². The first-order chi connectivity index (χ1) is 10.5. The quantitative estimate of drug-likeness (QED) is 0.746. The van der Waals surface area contributed by atoms with Gasteiger partial charge in [0.25, 0.3) is 0 Å². The molecule has 1 aliphatic rings. The Morgan fingerprint density at radius 3 is 2.82 bits per heavy atom. The maximum absolute atomic E-state index is 12.4. The van der Waals surface area contributed by atoms with Crippen molar-refractivity contribution >= 4 is 5.91 Å². The molecule has 1 aromatic heterocycles. The Kier molecular flexibility index (Phi) is 5.97. The van der Waals surface area contributed by atoms with Crippen molar-refractivity contribution in [3.63, 3.8) is 0 Å². The zero-order valence-corrected chi connectivity index (χ0v) is 14.2. The highest BCUT2D eigenvalue weighted by Crippen LogP contribution is 2.22. The van der Waals surface area contributed by atoms with E-state index in [9.17, 15) is 4.79 Å². The maximum Gasteiger partial charge on any atom is 0.222 e. The molecule has 0 aromatic carbocycles. The topological polar surface area (TPSA) is 50.6 Å². The minimum Gasteiger partial charge on any atom is -0.379 e. The third-order valence-corrected chi connectivity index (χ3v) is 4.14. The van der Waals surface area contributed by atoms with Gasteiger partial charge in [-0.3, -0.25) is 9.69 Å². The summed E-state index contributed by atoms with van der Waals surface area (Å²) in [5, 5.41) is 0. The number of aryl methyl sites for hydroxylation is 1. The molecular weight excluding hydrogens is 280 g/mol. The molecule has 1 saturated heterocycles. The number of aromatic nitrogens is 2. The van der Waals surface area contributed by atoms with Gasteiger partial charge in [-0.1, -0.05) is 0 Å². The van der Waals surface area contributed by atoms with Crippen LogP contribution in [0.5, 0.6) is 0 Å². The van der Waals surface area contributed by atoms with E-state index in [2.05, 4.69) is 16.9 Å². The molecule has 124 valence electrons. The number of rotatable bonds is 6. The Labute approximate surface area is 133 Å². The van der Waals surface area contributed by atoms with Crippen molar-refractivity contribution in [1.29, 1.82) is 0 Å². The maximum atomic E-state index is 12.4. The third-order valence-electron chi connectivity index (χ3n) is 4.14. The lowest BCUT2D eigenvalue weighted by atomic mass is 10.1. The van der Waals surface area contributed by atoms with Crippen LogP contribution in [-0.2, 0) is 16.6 Å². The van der Waals surface area contributed by atoms with Crippen molar-refractivity contribution in [1.82, 2.24) is 19.4 Å². The number of carbonyl (C=O) groups is 1. The summed E-state index contributed by atoms with van der Waals surface area (Å²) in [7, 11) is 4.10. The lowest BCUT2D eigenvalue weighted by molar-refractivity contribution is -0.134. The van der Waals surface area contributed by atoms with Crippen LogP contribution in [0.4, 0.5) is 0 Å². The number of nitrogens with zero attached hydrogens (tertiary/aromatic N) is 4. The zero-order valence-electron chi connectivity index (χ0n) is 14.2. The minimum absolute atomic E-state index is 0.171. The van der Waals surface area contributed by atoms with Gasteiger partial charge < -0.3 is 14.2 Å². The van der Waals surface area contributed by atoms with Crippen LogP contribution >= 0.6 is 0 Å². The predicted molar refractivity (Wildman–Crippen MR) is 85.5 cm³/mol. The number of carbonyl (C=O) groups excluding carboxylic acids is 1. The van der Waals surface area contributed by atoms with Crippen LogP contribution in [-0.4, -0.2) is 64.7 Å². The van der Waals surface area contributed by atoms with Crippen molar-refractivity contribution in [3.8, 4) is 0 Å². The molecule has 1 aromatic rings. The zero-order chi connectivity index (χ0) is 16.1. The van der Waals surface area contributed by atoms with Gasteiger partial charge in [0, 0.05) is 52.1 Å². The van der Waals surface area contributed by atoms with E-state index in [4.69, 9.17) is 4.74 Å². The molecule has 1 aliphatic heterocycles. The summed E-state index contributed by atoms with van der Waals surface area (Å²) in [5.74, 6) is 1.24. The van der Waals surface area contributed by atoms with Crippen LogP contribution in [0.2, 0.25) is 0 Å². The Hall–Kier alpha value is -1.40. The summed E-state index contributed by atoms with van der Waals surface area (Å²) in [6, 6.07) is 0.171. The van der Waals surface area contributed by atoms with Crippen molar-refractivity contribution in [2.24, 2.45) is 7.05 Å². The minimum atomic E-state index is 0.171. The largest absolute Gasteiger partial charge is 0.379 e. The summed E-state index contributed by atoms with van der Waals surface area (Å²) in [6.45, 7) is 7.07. The first-order valence-electron chi connectivity index (χ1n) is 8.06. The van der Waals surface area contributed by atoms with Crippen LogP contribution in [0.3, 0.4) is 0 Å². The second-order valence-corrected chi connectivity index (χ2v) is 6.26. The SMILES string of the molecule is CC(C)OCCCC(=O)N1CCN(C)C(c2nccn2C)C1. The number of ether oxygens (including phenoxy) is 1. The molecule has 1 fully saturated rings. The molecule has 1 atom stereocenters. The standard InChI is InChI=1S/C16H28N4O2/c1-13(2)22-11-5-6-15(21)20-10-9-18(3)14(12-20)16-17-7-8-19(16)4/h7-8,13-14H,5-6,9-12H2,1-4H3. The molecule has 0 radical (unpaired) electrons. The van der Waals surface area contributed by atoms with Crippen molar-refractivity contribution in [3.05, 3.63) is 18.2 Å². The van der Waals surface area contributed by atoms with E-state index in [1.54, 1.807) is 0 Å². The molecule has 6 nitrogen and oxygen atoms in total. The summed E-state index contributed by atoms with van der Waals surface area (Å²) < 4.78 is 7.53. The first kappa shape index (κ1) is 17.0. The molecule has 0 saturated carbocycles. The van der Waals surface area contributed by atoms with Gasteiger partial charge >= 0.3 is 0 Å². The van der Waals surface area contributed by atoms with Gasteiger partial charge in [-0.2, -0.15) is 0 Å². The fourth-order valence-electron chi connectivity index (χ4n) is 2.78. The van der Waals surface area contributed by atoms with E-state index < -0.39 is 0 Å². The summed E-state index contributed by atoms with van der Waals surface area (Å²) in [4.78, 5) is 21.1. The number of piperazine rings is 1. The van der Waals surface area contributed by atoms with Crippen molar-refractivity contribution in [2.75, 3.05) is 33.3 Å². The fourth-order valence-corrected chi connectivity index (χ4v) is 2.78. The third kappa shape index (κ3) is 4.30. The molecule has 0 N–H and O–H groups in total. The number of hydrogen-bond acceptors (Lipinski definition) is 4. The average molecular weight is 308 g/mol. The molecule has 22 heavy (non-hydrogen) atoms. The van der Waals surface area contributed by atoms with Gasteiger partial charge in [0.05, 0.1) is 12.1 Å². The highest BCUT2D eigenvalue weighted by atomic mass is 16.5. The van der Waals surface area contributed by atoms with E-state index >= 15 is 0 Å². The van der Waals surface area contributed by atoms with E-state index in [0.29, 0.717) is 19.6 Å². The molecule has 2 rings (SSSR count). The van der Waals surface area contributed by atoms with E-state index in [1.165, 1.54) is 0 Å². The number of hydrogen-bond donors (Lipinski definition) is 0. The highest BCUT2D eigenvalue weighted by Gasteiger charge is 2.30. The van der Waals surface area contributed by atoms with Gasteiger partial charge in [0.15, 0.2) is 0 Å². The lowest BCUT2D eigenvalue weighted by Gasteiger charge is -2.39. The van der Waals surface area contributed by atoms with Gasteiger partial charge in [-0.15, -0.1) is 0 Å². The average Bonchev–Trinajstić information content (AvgIpc) is 2.89. The first-order valence-corrected chi connectivity index (χ1v) is 8.06. The molecule has 1 unspecified atom stereocenters. The van der Waals surface area contributed by atoms with E-state index in [-0.39, 0.29) is 18.1 Å². The predicted octanol–water partition coefficient (Wildman–Crippen LogP) is 1.44. The van der Waals surface area contributed by atoms with Gasteiger partial charge in [0.2, 0.25) is 5.91 Å². The normalized spacial score (nSPS) is 19.9. The van der Waals surface area contributed by atoms with Gasteiger partial charge in [-0.05, 0) is 27.3 Å². The van der Waals surface area contributed by atoms with Gasteiger partial charge in [-0.25, -0.2) is 4.98 Å². The Balaban J connectivity index is 1.87. The molecule has 1 amide bonds. The fraction of sp³-hybridized carbons (Fsp3) is 0.750. The van der Waals surface area contributed by atoms with E-state index in [0.717, 1.165) is 25.3 Å². The Morgan fingerprint density at radius 2 is 2.18 bits per heavy atom. The summed E-state index contributed by atoms with van der Waals surface area (Å²) in [5.41, 5.74) is 0. The highest BCUT2D eigenvalue weighted by molar-refractivity contribution is 5.76. The lowest BCUT2D eigenvalue weighted by Crippen LogP contribution is -2.49. The molecule has 0 bridgehead atoms. The molecule has 0 aliphatic carbocycles. The molecule has 2 heterocycles. The second-order valence-electron chi connectivity index (χ2n) is 6.26. The van der Waals surface area contributed by atoms with Crippen LogP contribution in [0.25, 0.3) is 0 Å². The number of likely N-dealkylation sites (N-methyl/N-ethyl adjacent to an activating group) is 1. The van der Waals surface area contributed by atoms with Gasteiger partial charge in [0.1, 0.15) is 5.82 Å². The van der Waals surface area contributed by atoms with Crippen molar-refractivity contribution in [2.45, 2.75) is 38.8 Å². The van der Waals surface area contributed by atoms with Crippen LogP contribution in [0.1, 0.15) is 38.6 Å². The smallest absolute Gasteiger partial charge is 0.222 e. The van der Waals surface area contributed by atoms with E-state index in [1.807, 2.05) is 42.8 Å². The van der Waals surface area contributed by atoms with Crippen LogP contribution in [0.15, 0.2) is 12.4 Å². The molecule has 6 heteroatoms. The summed E-state index contributed by atoms with van der Waals surface area (Å²) >= 11 is 0. The summed E-state index contributed by atoms with van der Waals surface area (Å²) in [6.07, 6.45) is 5.34. The Bertz CT molecular complexity index is 486. The monoisotopic (exact) mass is 308 g/mol. The molecular formula is C16H28N4O2. The Morgan fingerprint density at radius 1 is 1.41 bits per heavy atom. The van der Waals surface area contributed by atoms with Crippen molar-refractivity contribution < 1.29 is 9.53 Å². The number of imidazole rings is 1. The molecule has 0 spiro atoms. The second kappa shape index (κ2) is 7.74. The number of amides is 1.